The van der Waals surface area contributed by atoms with E-state index in [-0.39, 0.29) is 0 Å². The molecular weight excluding hydrogens is 240 g/mol. The molecule has 102 valence electrons. The molecule has 19 heavy (non-hydrogen) atoms. The Morgan fingerprint density at radius 2 is 2.21 bits per heavy atom. The monoisotopic (exact) mass is 260 g/mol. The van der Waals surface area contributed by atoms with Crippen molar-refractivity contribution in [3.63, 3.8) is 0 Å². The standard InChI is InChI=1S/C15H20N2O2/c1-3-9-17-14(7-8-16-17)15(18)13-6-4-5-12(10-13)11-19-2/h4-8,10,15,18H,3,9,11H2,1-2H3. The highest BCUT2D eigenvalue weighted by Gasteiger charge is 2.15. The van der Waals surface area contributed by atoms with E-state index in [1.165, 1.54) is 0 Å². The van der Waals surface area contributed by atoms with Crippen molar-refractivity contribution in [3.05, 3.63) is 53.3 Å². The molecular formula is C15H20N2O2. The quantitative estimate of drug-likeness (QED) is 0.868. The predicted molar refractivity (Wildman–Crippen MR) is 73.7 cm³/mol. The molecule has 0 fully saturated rings. The normalized spacial score (nSPS) is 12.6. The van der Waals surface area contributed by atoms with Crippen LogP contribution in [0.2, 0.25) is 0 Å². The van der Waals surface area contributed by atoms with Crippen LogP contribution in [0.1, 0.15) is 36.3 Å². The van der Waals surface area contributed by atoms with E-state index in [4.69, 9.17) is 4.74 Å². The van der Waals surface area contributed by atoms with Crippen LogP contribution in [0.15, 0.2) is 36.5 Å². The number of methoxy groups -OCH3 is 1. The maximum Gasteiger partial charge on any atom is 0.121 e. The number of aliphatic hydroxyl groups is 1. The second kappa shape index (κ2) is 6.50. The summed E-state index contributed by atoms with van der Waals surface area (Å²) in [6.07, 6.45) is 2.07. The number of aliphatic hydroxyl groups excluding tert-OH is 1. The Kier molecular flexibility index (Phi) is 4.71. The number of hydrogen-bond acceptors (Lipinski definition) is 3. The molecule has 0 amide bonds. The molecule has 0 aliphatic rings. The number of aromatic nitrogens is 2. The summed E-state index contributed by atoms with van der Waals surface area (Å²) in [7, 11) is 1.67. The van der Waals surface area contributed by atoms with Gasteiger partial charge in [-0.05, 0) is 23.6 Å². The third-order valence-corrected chi connectivity index (χ3v) is 3.04. The summed E-state index contributed by atoms with van der Waals surface area (Å²) < 4.78 is 6.97. The molecule has 4 nitrogen and oxygen atoms in total. The molecule has 0 aliphatic heterocycles. The average molecular weight is 260 g/mol. The molecule has 2 rings (SSSR count). The van der Waals surface area contributed by atoms with Gasteiger partial charge in [0.2, 0.25) is 0 Å². The summed E-state index contributed by atoms with van der Waals surface area (Å²) in [6, 6.07) is 9.68. The van der Waals surface area contributed by atoms with Crippen molar-refractivity contribution in [1.29, 1.82) is 0 Å². The molecule has 1 atom stereocenters. The average Bonchev–Trinajstić information content (AvgIpc) is 2.87. The third kappa shape index (κ3) is 3.22. The number of hydrogen-bond donors (Lipinski definition) is 1. The van der Waals surface area contributed by atoms with E-state index in [0.717, 1.165) is 29.8 Å². The van der Waals surface area contributed by atoms with Crippen LogP contribution in [-0.4, -0.2) is 22.0 Å². The first-order chi connectivity index (χ1) is 9.26. The lowest BCUT2D eigenvalue weighted by Crippen LogP contribution is -2.10. The molecule has 0 saturated carbocycles. The van der Waals surface area contributed by atoms with Gasteiger partial charge in [-0.15, -0.1) is 0 Å². The van der Waals surface area contributed by atoms with E-state index in [9.17, 15) is 5.11 Å². The Morgan fingerprint density at radius 3 is 2.95 bits per heavy atom. The topological polar surface area (TPSA) is 47.3 Å². The third-order valence-electron chi connectivity index (χ3n) is 3.04. The van der Waals surface area contributed by atoms with Gasteiger partial charge in [-0.2, -0.15) is 5.10 Å². The van der Waals surface area contributed by atoms with Crippen molar-refractivity contribution in [2.75, 3.05) is 7.11 Å². The maximum absolute atomic E-state index is 10.5. The fraction of sp³-hybridized carbons (Fsp3) is 0.400. The van der Waals surface area contributed by atoms with Crippen LogP contribution < -0.4 is 0 Å². The first kappa shape index (κ1) is 13.8. The van der Waals surface area contributed by atoms with Gasteiger partial charge in [-0.1, -0.05) is 31.2 Å². The summed E-state index contributed by atoms with van der Waals surface area (Å²) in [5.41, 5.74) is 2.75. The van der Waals surface area contributed by atoms with Gasteiger partial charge in [-0.25, -0.2) is 0 Å². The van der Waals surface area contributed by atoms with Gasteiger partial charge >= 0.3 is 0 Å². The van der Waals surface area contributed by atoms with Crippen LogP contribution >= 0.6 is 0 Å². The Hall–Kier alpha value is -1.65. The van der Waals surface area contributed by atoms with Crippen LogP contribution in [0.4, 0.5) is 0 Å². The molecule has 2 aromatic rings. The molecule has 1 heterocycles. The minimum Gasteiger partial charge on any atom is -0.382 e. The summed E-state index contributed by atoms with van der Waals surface area (Å²) in [5.74, 6) is 0. The van der Waals surface area contributed by atoms with Crippen LogP contribution in [0, 0.1) is 0 Å². The fourth-order valence-electron chi connectivity index (χ4n) is 2.16. The summed E-state index contributed by atoms with van der Waals surface area (Å²) in [5, 5.41) is 14.7. The van der Waals surface area contributed by atoms with Gasteiger partial charge in [-0.3, -0.25) is 4.68 Å². The molecule has 1 N–H and O–H groups in total. The van der Waals surface area contributed by atoms with Crippen LogP contribution in [0.5, 0.6) is 0 Å². The number of benzene rings is 1. The molecule has 0 aliphatic carbocycles. The molecule has 0 saturated heterocycles. The minimum absolute atomic E-state index is 0.550. The molecule has 4 heteroatoms. The highest BCUT2D eigenvalue weighted by Crippen LogP contribution is 2.22. The fourth-order valence-corrected chi connectivity index (χ4v) is 2.16. The zero-order valence-corrected chi connectivity index (χ0v) is 11.4. The maximum atomic E-state index is 10.5. The second-order valence-corrected chi connectivity index (χ2v) is 4.56. The van der Waals surface area contributed by atoms with Gasteiger partial charge in [0.05, 0.1) is 12.3 Å². The number of nitrogens with zero attached hydrogens (tertiary/aromatic N) is 2. The molecule has 0 radical (unpaired) electrons. The highest BCUT2D eigenvalue weighted by molar-refractivity contribution is 5.29. The lowest BCUT2D eigenvalue weighted by molar-refractivity contribution is 0.183. The summed E-state index contributed by atoms with van der Waals surface area (Å²) >= 11 is 0. The SMILES string of the molecule is CCCn1nccc1C(O)c1cccc(COC)c1. The van der Waals surface area contributed by atoms with Crippen molar-refractivity contribution in [2.24, 2.45) is 0 Å². The second-order valence-electron chi connectivity index (χ2n) is 4.56. The lowest BCUT2D eigenvalue weighted by Gasteiger charge is -2.14. The minimum atomic E-state index is -0.647. The van der Waals surface area contributed by atoms with Crippen molar-refractivity contribution in [3.8, 4) is 0 Å². The van der Waals surface area contributed by atoms with Crippen LogP contribution in [0.25, 0.3) is 0 Å². The number of ether oxygens (including phenoxy) is 1. The van der Waals surface area contributed by atoms with E-state index in [2.05, 4.69) is 12.0 Å². The first-order valence-corrected chi connectivity index (χ1v) is 6.53. The van der Waals surface area contributed by atoms with E-state index < -0.39 is 6.10 Å². The van der Waals surface area contributed by atoms with Gasteiger partial charge in [0.1, 0.15) is 6.10 Å². The molecule has 1 unspecified atom stereocenters. The van der Waals surface area contributed by atoms with E-state index in [1.807, 2.05) is 35.0 Å². The largest absolute Gasteiger partial charge is 0.382 e. The van der Waals surface area contributed by atoms with Crippen molar-refractivity contribution < 1.29 is 9.84 Å². The van der Waals surface area contributed by atoms with Gasteiger partial charge in [0.15, 0.2) is 0 Å². The zero-order valence-electron chi connectivity index (χ0n) is 11.4. The molecule has 1 aromatic heterocycles. The Morgan fingerprint density at radius 1 is 1.37 bits per heavy atom. The molecule has 1 aromatic carbocycles. The predicted octanol–water partition coefficient (Wildman–Crippen LogP) is 2.52. The lowest BCUT2D eigenvalue weighted by atomic mass is 10.0. The Labute approximate surface area is 113 Å². The molecule has 0 spiro atoms. The highest BCUT2D eigenvalue weighted by atomic mass is 16.5. The van der Waals surface area contributed by atoms with E-state index in [1.54, 1.807) is 13.3 Å². The van der Waals surface area contributed by atoms with Crippen LogP contribution in [0.3, 0.4) is 0 Å². The Bertz CT molecular complexity index is 522. The Balaban J connectivity index is 2.25. The number of rotatable bonds is 6. The zero-order chi connectivity index (χ0) is 13.7. The van der Waals surface area contributed by atoms with Crippen molar-refractivity contribution in [1.82, 2.24) is 9.78 Å². The summed E-state index contributed by atoms with van der Waals surface area (Å²) in [6.45, 7) is 3.46. The van der Waals surface area contributed by atoms with E-state index >= 15 is 0 Å². The smallest absolute Gasteiger partial charge is 0.121 e. The van der Waals surface area contributed by atoms with Crippen molar-refractivity contribution >= 4 is 0 Å². The van der Waals surface area contributed by atoms with Crippen LogP contribution in [-0.2, 0) is 17.9 Å². The van der Waals surface area contributed by atoms with Crippen molar-refractivity contribution in [2.45, 2.75) is 32.6 Å². The van der Waals surface area contributed by atoms with E-state index in [0.29, 0.717) is 6.61 Å². The number of aryl methyl sites for hydroxylation is 1. The van der Waals surface area contributed by atoms with Gasteiger partial charge < -0.3 is 9.84 Å². The molecule has 0 bridgehead atoms. The first-order valence-electron chi connectivity index (χ1n) is 6.53. The van der Waals surface area contributed by atoms with Gasteiger partial charge in [0, 0.05) is 19.9 Å². The van der Waals surface area contributed by atoms with Gasteiger partial charge in [0.25, 0.3) is 0 Å². The summed E-state index contributed by atoms with van der Waals surface area (Å²) in [4.78, 5) is 0.